The summed E-state index contributed by atoms with van der Waals surface area (Å²) in [4.78, 5) is 11.1. The van der Waals surface area contributed by atoms with E-state index in [1.54, 1.807) is 24.8 Å². The van der Waals surface area contributed by atoms with Crippen molar-refractivity contribution < 1.29 is 0 Å². The first-order valence-electron chi connectivity index (χ1n) is 4.36. The molecule has 0 saturated carbocycles. The van der Waals surface area contributed by atoms with Crippen molar-refractivity contribution in [3.63, 3.8) is 0 Å². The highest BCUT2D eigenvalue weighted by atomic mass is 14.9. The zero-order valence-electron chi connectivity index (χ0n) is 7.86. The SMILES string of the molecule is CC.c1cncc(-c2ncc[nH]2)c1. The van der Waals surface area contributed by atoms with Crippen molar-refractivity contribution in [2.45, 2.75) is 13.8 Å². The van der Waals surface area contributed by atoms with E-state index in [1.165, 1.54) is 0 Å². The molecule has 0 radical (unpaired) electrons. The van der Waals surface area contributed by atoms with Crippen LogP contribution in [0.5, 0.6) is 0 Å². The summed E-state index contributed by atoms with van der Waals surface area (Å²) in [6.07, 6.45) is 7.04. The molecule has 0 atom stereocenters. The molecule has 1 N–H and O–H groups in total. The van der Waals surface area contributed by atoms with Crippen molar-refractivity contribution in [2.75, 3.05) is 0 Å². The number of aromatic nitrogens is 3. The van der Waals surface area contributed by atoms with Crippen LogP contribution in [0.1, 0.15) is 13.8 Å². The molecule has 0 aliphatic rings. The van der Waals surface area contributed by atoms with Crippen molar-refractivity contribution in [3.05, 3.63) is 36.9 Å². The van der Waals surface area contributed by atoms with Crippen LogP contribution in [0.15, 0.2) is 36.9 Å². The Morgan fingerprint density at radius 1 is 1.23 bits per heavy atom. The number of imidazole rings is 1. The van der Waals surface area contributed by atoms with Gasteiger partial charge in [-0.25, -0.2) is 4.98 Å². The van der Waals surface area contributed by atoms with E-state index >= 15 is 0 Å². The van der Waals surface area contributed by atoms with Gasteiger partial charge in [0.25, 0.3) is 0 Å². The molecule has 68 valence electrons. The lowest BCUT2D eigenvalue weighted by Crippen LogP contribution is -1.79. The average Bonchev–Trinajstić information content (AvgIpc) is 2.75. The molecule has 0 aliphatic carbocycles. The van der Waals surface area contributed by atoms with E-state index in [0.717, 1.165) is 11.4 Å². The molecule has 0 bridgehead atoms. The predicted octanol–water partition coefficient (Wildman–Crippen LogP) is 2.50. The first-order valence-corrected chi connectivity index (χ1v) is 4.36. The Hall–Kier alpha value is -1.64. The number of nitrogens with zero attached hydrogens (tertiary/aromatic N) is 2. The zero-order chi connectivity index (χ0) is 9.52. The van der Waals surface area contributed by atoms with Gasteiger partial charge in [-0.3, -0.25) is 4.98 Å². The Morgan fingerprint density at radius 2 is 2.08 bits per heavy atom. The summed E-state index contributed by atoms with van der Waals surface area (Å²) in [5, 5.41) is 0. The van der Waals surface area contributed by atoms with Crippen LogP contribution in [-0.4, -0.2) is 15.0 Å². The highest BCUT2D eigenvalue weighted by molar-refractivity contribution is 5.52. The minimum absolute atomic E-state index is 0.859. The Kier molecular flexibility index (Phi) is 3.70. The third-order valence-electron chi connectivity index (χ3n) is 1.43. The monoisotopic (exact) mass is 175 g/mol. The second-order valence-electron chi connectivity index (χ2n) is 2.18. The maximum absolute atomic E-state index is 4.09. The van der Waals surface area contributed by atoms with Crippen LogP contribution in [0.3, 0.4) is 0 Å². The lowest BCUT2D eigenvalue weighted by molar-refractivity contribution is 1.26. The van der Waals surface area contributed by atoms with Crippen molar-refractivity contribution in [3.8, 4) is 11.4 Å². The number of hydrogen-bond acceptors (Lipinski definition) is 2. The van der Waals surface area contributed by atoms with Gasteiger partial charge in [0.1, 0.15) is 5.82 Å². The molecule has 0 aliphatic heterocycles. The molecule has 2 aromatic rings. The number of aromatic amines is 1. The second kappa shape index (κ2) is 5.09. The van der Waals surface area contributed by atoms with Gasteiger partial charge in [-0.2, -0.15) is 0 Å². The van der Waals surface area contributed by atoms with Crippen LogP contribution in [0.25, 0.3) is 11.4 Å². The Labute approximate surface area is 77.9 Å². The highest BCUT2D eigenvalue weighted by Gasteiger charge is 1.95. The summed E-state index contributed by atoms with van der Waals surface area (Å²) in [7, 11) is 0. The molecule has 2 aromatic heterocycles. The maximum Gasteiger partial charge on any atom is 0.138 e. The van der Waals surface area contributed by atoms with Gasteiger partial charge in [0.05, 0.1) is 0 Å². The van der Waals surface area contributed by atoms with Crippen LogP contribution in [0.4, 0.5) is 0 Å². The van der Waals surface area contributed by atoms with Gasteiger partial charge in [0.15, 0.2) is 0 Å². The summed E-state index contributed by atoms with van der Waals surface area (Å²) in [6.45, 7) is 4.00. The molecule has 0 spiro atoms. The molecule has 2 rings (SSSR count). The Morgan fingerprint density at radius 3 is 2.62 bits per heavy atom. The van der Waals surface area contributed by atoms with Gasteiger partial charge in [-0.15, -0.1) is 0 Å². The van der Waals surface area contributed by atoms with E-state index in [4.69, 9.17) is 0 Å². The molecular formula is C10H13N3. The molecule has 13 heavy (non-hydrogen) atoms. The van der Waals surface area contributed by atoms with Gasteiger partial charge in [-0.1, -0.05) is 13.8 Å². The Bertz CT molecular complexity index is 313. The first kappa shape index (κ1) is 9.45. The molecule has 2 heterocycles. The number of nitrogens with one attached hydrogen (secondary N) is 1. The fraction of sp³-hybridized carbons (Fsp3) is 0.200. The molecular weight excluding hydrogens is 162 g/mol. The molecule has 3 heteroatoms. The smallest absolute Gasteiger partial charge is 0.138 e. The summed E-state index contributed by atoms with van der Waals surface area (Å²) in [5.41, 5.74) is 1.01. The van der Waals surface area contributed by atoms with Crippen LogP contribution in [0, 0.1) is 0 Å². The number of H-pyrrole nitrogens is 1. The van der Waals surface area contributed by atoms with Crippen LogP contribution < -0.4 is 0 Å². The normalized spacial score (nSPS) is 8.77. The van der Waals surface area contributed by atoms with Crippen LogP contribution in [-0.2, 0) is 0 Å². The van der Waals surface area contributed by atoms with Crippen molar-refractivity contribution in [1.29, 1.82) is 0 Å². The maximum atomic E-state index is 4.09. The summed E-state index contributed by atoms with van der Waals surface area (Å²) in [5.74, 6) is 0.859. The molecule has 3 nitrogen and oxygen atoms in total. The van der Waals surface area contributed by atoms with Gasteiger partial charge >= 0.3 is 0 Å². The topological polar surface area (TPSA) is 41.6 Å². The molecule has 0 unspecified atom stereocenters. The van der Waals surface area contributed by atoms with Crippen molar-refractivity contribution in [1.82, 2.24) is 15.0 Å². The lowest BCUT2D eigenvalue weighted by atomic mass is 10.3. The molecule has 0 aromatic carbocycles. The summed E-state index contributed by atoms with van der Waals surface area (Å²) >= 11 is 0. The van der Waals surface area contributed by atoms with E-state index in [9.17, 15) is 0 Å². The van der Waals surface area contributed by atoms with Gasteiger partial charge in [0, 0.05) is 30.4 Å². The van der Waals surface area contributed by atoms with E-state index in [-0.39, 0.29) is 0 Å². The van der Waals surface area contributed by atoms with E-state index in [0.29, 0.717) is 0 Å². The van der Waals surface area contributed by atoms with E-state index < -0.39 is 0 Å². The zero-order valence-corrected chi connectivity index (χ0v) is 7.86. The standard InChI is InChI=1S/C8H7N3.C2H6/c1-2-7(6-9-3-1)8-10-4-5-11-8;1-2/h1-6H,(H,10,11);1-2H3. The number of rotatable bonds is 1. The molecule has 0 fully saturated rings. The van der Waals surface area contributed by atoms with E-state index in [2.05, 4.69) is 15.0 Å². The minimum atomic E-state index is 0.859. The minimum Gasteiger partial charge on any atom is -0.345 e. The first-order chi connectivity index (χ1) is 6.47. The largest absolute Gasteiger partial charge is 0.345 e. The van der Waals surface area contributed by atoms with Crippen molar-refractivity contribution in [2.24, 2.45) is 0 Å². The second-order valence-corrected chi connectivity index (χ2v) is 2.18. The van der Waals surface area contributed by atoms with Crippen LogP contribution in [0.2, 0.25) is 0 Å². The third-order valence-corrected chi connectivity index (χ3v) is 1.43. The average molecular weight is 175 g/mol. The van der Waals surface area contributed by atoms with Gasteiger partial charge in [-0.05, 0) is 12.1 Å². The third kappa shape index (κ3) is 2.40. The number of hydrogen-bond donors (Lipinski definition) is 1. The number of pyridine rings is 1. The Balaban J connectivity index is 0.000000396. The van der Waals surface area contributed by atoms with Gasteiger partial charge in [0.2, 0.25) is 0 Å². The van der Waals surface area contributed by atoms with Crippen molar-refractivity contribution >= 4 is 0 Å². The van der Waals surface area contributed by atoms with Gasteiger partial charge < -0.3 is 4.98 Å². The quantitative estimate of drug-likeness (QED) is 0.723. The van der Waals surface area contributed by atoms with Crippen LogP contribution >= 0.6 is 0 Å². The molecule has 0 saturated heterocycles. The predicted molar refractivity (Wildman–Crippen MR) is 53.2 cm³/mol. The fourth-order valence-electron chi connectivity index (χ4n) is 0.926. The highest BCUT2D eigenvalue weighted by Crippen LogP contribution is 2.10. The fourth-order valence-corrected chi connectivity index (χ4v) is 0.926. The summed E-state index contributed by atoms with van der Waals surface area (Å²) < 4.78 is 0. The lowest BCUT2D eigenvalue weighted by Gasteiger charge is -1.92. The molecule has 0 amide bonds. The summed E-state index contributed by atoms with van der Waals surface area (Å²) in [6, 6.07) is 3.85. The van der Waals surface area contributed by atoms with E-state index in [1.807, 2.05) is 26.0 Å².